The number of hydrogen-bond acceptors (Lipinski definition) is 10. The minimum atomic E-state index is -0.342. The molecule has 214 valence electrons. The van der Waals surface area contributed by atoms with Crippen LogP contribution in [0.1, 0.15) is 22.0 Å². The predicted molar refractivity (Wildman–Crippen MR) is 156 cm³/mol. The number of aromatic amines is 2. The maximum Gasteiger partial charge on any atom is 0.267 e. The Labute approximate surface area is 247 Å². The van der Waals surface area contributed by atoms with Crippen LogP contribution in [0.5, 0.6) is 0 Å². The number of hydrogen-bond donors (Lipinski definition) is 6. The lowest BCUT2D eigenvalue weighted by Gasteiger charge is -2.04. The molecule has 0 atom stereocenters. The van der Waals surface area contributed by atoms with Crippen LogP contribution in [0.2, 0.25) is 10.6 Å². The molecule has 0 aliphatic heterocycles. The number of rotatable bonds is 9. The molecule has 0 radical (unpaired) electrons. The van der Waals surface area contributed by atoms with Gasteiger partial charge in [-0.2, -0.15) is 15.0 Å². The lowest BCUT2D eigenvalue weighted by atomic mass is 10.3. The first-order chi connectivity index (χ1) is 20.4. The molecule has 0 fully saturated rings. The molecule has 0 aromatic carbocycles. The highest BCUT2D eigenvalue weighted by Gasteiger charge is 2.15. The van der Waals surface area contributed by atoms with Crippen LogP contribution in [0, 0.1) is 6.57 Å². The molecule has 14 nitrogen and oxygen atoms in total. The van der Waals surface area contributed by atoms with Crippen molar-refractivity contribution in [2.75, 3.05) is 23.8 Å². The molecule has 6 heterocycles. The molecule has 6 aromatic rings. The van der Waals surface area contributed by atoms with E-state index in [0.29, 0.717) is 52.9 Å². The summed E-state index contributed by atoms with van der Waals surface area (Å²) < 4.78 is 10.5. The quantitative estimate of drug-likeness (QED) is 0.0972. The molecule has 0 aliphatic carbocycles. The molecule has 0 spiro atoms. The Hall–Kier alpha value is -5.10. The molecule has 0 bridgehead atoms. The smallest absolute Gasteiger partial charge is 0.267 e. The van der Waals surface area contributed by atoms with E-state index < -0.39 is 0 Å². The van der Waals surface area contributed by atoms with Crippen LogP contribution in [0.15, 0.2) is 57.8 Å². The highest BCUT2D eigenvalue weighted by Crippen LogP contribution is 2.27. The van der Waals surface area contributed by atoms with E-state index in [1.807, 2.05) is 18.2 Å². The van der Waals surface area contributed by atoms with Gasteiger partial charge in [0.25, 0.3) is 5.91 Å². The number of aliphatic hydroxyl groups is 1. The number of H-pyrrole nitrogens is 2. The first-order valence-electron chi connectivity index (χ1n) is 12.3. The number of halogens is 2. The largest absolute Gasteiger partial charge is 0.467 e. The zero-order valence-corrected chi connectivity index (χ0v) is 23.1. The maximum absolute atomic E-state index is 11.9. The first-order valence-corrected chi connectivity index (χ1v) is 13.1. The molecule has 1 amide bonds. The fourth-order valence-electron chi connectivity index (χ4n) is 3.84. The van der Waals surface area contributed by atoms with Crippen LogP contribution in [-0.2, 0) is 13.1 Å². The van der Waals surface area contributed by atoms with Crippen LogP contribution >= 0.6 is 23.2 Å². The van der Waals surface area contributed by atoms with E-state index in [-0.39, 0.29) is 29.6 Å². The van der Waals surface area contributed by atoms with E-state index in [1.165, 1.54) is 0 Å². The van der Waals surface area contributed by atoms with Crippen molar-refractivity contribution < 1.29 is 18.7 Å². The summed E-state index contributed by atoms with van der Waals surface area (Å²) in [5.74, 6) is 2.64. The summed E-state index contributed by atoms with van der Waals surface area (Å²) in [4.78, 5) is 37.4. The van der Waals surface area contributed by atoms with E-state index in [0.717, 1.165) is 16.9 Å². The van der Waals surface area contributed by atoms with E-state index >= 15 is 0 Å². The molecule has 0 saturated carbocycles. The second-order valence-corrected chi connectivity index (χ2v) is 9.18. The van der Waals surface area contributed by atoms with Gasteiger partial charge in [0, 0.05) is 6.54 Å². The Morgan fingerprint density at radius 1 is 0.905 bits per heavy atom. The van der Waals surface area contributed by atoms with Crippen molar-refractivity contribution >= 4 is 68.6 Å². The molecule has 6 N–H and O–H groups in total. The summed E-state index contributed by atoms with van der Waals surface area (Å²) in [6.45, 7) is 7.94. The van der Waals surface area contributed by atoms with Crippen LogP contribution in [0.4, 0.5) is 17.5 Å². The molecule has 0 aliphatic rings. The third kappa shape index (κ3) is 6.78. The fourth-order valence-corrected chi connectivity index (χ4v) is 4.17. The molecule has 16 heteroatoms. The fraction of sp³-hybridized carbons (Fsp3) is 0.154. The Morgan fingerprint density at radius 2 is 1.48 bits per heavy atom. The summed E-state index contributed by atoms with van der Waals surface area (Å²) in [6.07, 6.45) is 3.19. The molecule has 42 heavy (non-hydrogen) atoms. The Bertz CT molecular complexity index is 1840. The van der Waals surface area contributed by atoms with Crippen LogP contribution in [0.3, 0.4) is 0 Å². The van der Waals surface area contributed by atoms with Crippen LogP contribution in [-0.4, -0.2) is 54.1 Å². The highest BCUT2D eigenvalue weighted by molar-refractivity contribution is 6.29. The lowest BCUT2D eigenvalue weighted by molar-refractivity contribution is 0.0940. The number of furan rings is 2. The zero-order chi connectivity index (χ0) is 29.5. The van der Waals surface area contributed by atoms with Gasteiger partial charge in [0.1, 0.15) is 34.5 Å². The number of carbonyl (C=O) groups is 1. The predicted octanol–water partition coefficient (Wildman–Crippen LogP) is 4.91. The van der Waals surface area contributed by atoms with Gasteiger partial charge in [0.05, 0.1) is 43.0 Å². The zero-order valence-electron chi connectivity index (χ0n) is 21.6. The minimum Gasteiger partial charge on any atom is -0.467 e. The van der Waals surface area contributed by atoms with Gasteiger partial charge in [-0.05, 0) is 59.6 Å². The number of aliphatic hydroxyl groups excluding tert-OH is 1. The van der Waals surface area contributed by atoms with Crippen molar-refractivity contribution in [3.63, 3.8) is 0 Å². The summed E-state index contributed by atoms with van der Waals surface area (Å²) in [7, 11) is 0. The normalized spacial score (nSPS) is 10.7. The summed E-state index contributed by atoms with van der Waals surface area (Å²) in [6, 6.07) is 10.6. The molecular formula is C26H22Cl2N10O4. The molecule has 0 saturated heterocycles. The Kier molecular flexibility index (Phi) is 8.83. The van der Waals surface area contributed by atoms with Gasteiger partial charge in [0.15, 0.2) is 0 Å². The molecular weight excluding hydrogens is 587 g/mol. The van der Waals surface area contributed by atoms with Gasteiger partial charge in [-0.15, -0.1) is 0 Å². The number of amides is 1. The summed E-state index contributed by atoms with van der Waals surface area (Å²) >= 11 is 11.8. The lowest BCUT2D eigenvalue weighted by Crippen LogP contribution is -2.26. The third-order valence-electron chi connectivity index (χ3n) is 5.69. The van der Waals surface area contributed by atoms with E-state index in [1.54, 1.807) is 30.7 Å². The van der Waals surface area contributed by atoms with Gasteiger partial charge in [0.2, 0.25) is 22.0 Å². The van der Waals surface area contributed by atoms with Gasteiger partial charge in [-0.25, -0.2) is 4.98 Å². The number of fused-ring (bicyclic) bond motifs is 2. The second kappa shape index (κ2) is 13.0. The SMILES string of the molecule is O=C(NCCO)c1cc2c(NCc3ccco3)nc(Cl)nc2[nH]1.[C-]#[N+]c1cc2c(NCc3ccco3)nc(Cl)nc2[nH]1. The van der Waals surface area contributed by atoms with Gasteiger partial charge in [-0.3, -0.25) is 9.78 Å². The second-order valence-electron chi connectivity index (χ2n) is 8.50. The molecule has 6 rings (SSSR count). The van der Waals surface area contributed by atoms with Crippen molar-refractivity contribution in [1.82, 2.24) is 35.2 Å². The third-order valence-corrected chi connectivity index (χ3v) is 6.03. The Morgan fingerprint density at radius 3 is 2.00 bits per heavy atom. The van der Waals surface area contributed by atoms with Crippen LogP contribution < -0.4 is 16.0 Å². The highest BCUT2D eigenvalue weighted by atomic mass is 35.5. The van der Waals surface area contributed by atoms with Crippen molar-refractivity contribution in [2.24, 2.45) is 0 Å². The van der Waals surface area contributed by atoms with Gasteiger partial charge < -0.3 is 39.7 Å². The number of anilines is 2. The number of nitrogens with zero attached hydrogens (tertiary/aromatic N) is 5. The van der Waals surface area contributed by atoms with E-state index in [4.69, 9.17) is 43.7 Å². The van der Waals surface area contributed by atoms with E-state index in [2.05, 4.69) is 50.7 Å². The van der Waals surface area contributed by atoms with Gasteiger partial charge in [-0.1, -0.05) is 6.57 Å². The maximum atomic E-state index is 11.9. The monoisotopic (exact) mass is 608 g/mol. The molecule has 0 unspecified atom stereocenters. The molecule has 6 aromatic heterocycles. The van der Waals surface area contributed by atoms with Gasteiger partial charge >= 0.3 is 0 Å². The average molecular weight is 609 g/mol. The van der Waals surface area contributed by atoms with Crippen molar-refractivity contribution in [3.05, 3.63) is 88.1 Å². The topological polar surface area (TPSA) is 187 Å². The minimum absolute atomic E-state index is 0.0589. The van der Waals surface area contributed by atoms with Crippen molar-refractivity contribution in [2.45, 2.75) is 13.1 Å². The van der Waals surface area contributed by atoms with Crippen molar-refractivity contribution in [1.29, 1.82) is 0 Å². The standard InChI is InChI=1S/C14H14ClN5O3.C12H8ClN5O/c15-14-19-11(17-7-8-2-1-5-23-8)9-6-10(18-12(9)20-14)13(22)16-3-4-21;1-14-9-5-8-10(15-6-7-3-2-4-19-7)17-12(13)18-11(8)16-9/h1-2,5-6,21H,3-4,7H2,(H,16,22)(H2,17,18,19,20);2-5H,6H2,(H2,15,16,17,18). The average Bonchev–Trinajstić information content (AvgIpc) is 3.80. The number of carbonyl (C=O) groups excluding carboxylic acids is 1. The van der Waals surface area contributed by atoms with E-state index in [9.17, 15) is 4.79 Å². The van der Waals surface area contributed by atoms with Crippen LogP contribution in [0.25, 0.3) is 26.9 Å². The Balaban J connectivity index is 0.000000171. The number of aromatic nitrogens is 6. The first kappa shape index (κ1) is 28.4. The van der Waals surface area contributed by atoms with Crippen molar-refractivity contribution in [3.8, 4) is 0 Å². The summed E-state index contributed by atoms with van der Waals surface area (Å²) in [5.41, 5.74) is 1.29. The summed E-state index contributed by atoms with van der Waals surface area (Å²) in [5, 5.41) is 19.1. The number of nitrogens with one attached hydrogen (secondary N) is 5.